The van der Waals surface area contributed by atoms with Gasteiger partial charge in [-0.2, -0.15) is 5.21 Å². The van der Waals surface area contributed by atoms with Crippen LogP contribution in [0.4, 0.5) is 0 Å². The second-order valence-corrected chi connectivity index (χ2v) is 8.24. The summed E-state index contributed by atoms with van der Waals surface area (Å²) in [5, 5.41) is 20.2. The first-order valence-corrected chi connectivity index (χ1v) is 9.83. The van der Waals surface area contributed by atoms with Crippen LogP contribution >= 0.6 is 0 Å². The minimum atomic E-state index is -0.410. The Kier molecular flexibility index (Phi) is 6.41. The lowest BCUT2D eigenvalue weighted by atomic mass is 9.86. The molecule has 0 unspecified atom stereocenters. The molecule has 0 saturated carbocycles. The fourth-order valence-corrected chi connectivity index (χ4v) is 3.78. The number of carbonyl (C=O) groups excluding carboxylic acids is 1. The Balaban J connectivity index is 1.66. The van der Waals surface area contributed by atoms with E-state index in [-0.39, 0.29) is 36.4 Å². The normalized spacial score (nSPS) is 22.3. The molecule has 0 spiro atoms. The third kappa shape index (κ3) is 5.36. The van der Waals surface area contributed by atoms with Gasteiger partial charge in [0.25, 0.3) is 0 Å². The standard InChI is InChI=1S/C20H30N6O2/c1-13(2)15(19(27)21-12-18-23-25-26-24-18)11-17-16(22-20(3,4)28-17)10-14-8-6-5-7-9-14/h5-9,13,15-17,22H,10-12H2,1-4H3,(H,21,27)(H,23,24,25,26)/t15-,16-,17-/m0/s1. The first-order valence-electron chi connectivity index (χ1n) is 9.83. The molecule has 1 amide bonds. The lowest BCUT2D eigenvalue weighted by molar-refractivity contribution is -0.128. The Labute approximate surface area is 165 Å². The van der Waals surface area contributed by atoms with Crippen LogP contribution in [0.5, 0.6) is 0 Å². The molecule has 1 saturated heterocycles. The van der Waals surface area contributed by atoms with Crippen molar-refractivity contribution in [2.75, 3.05) is 0 Å². The Hall–Kier alpha value is -2.32. The maximum absolute atomic E-state index is 12.8. The van der Waals surface area contributed by atoms with E-state index in [1.54, 1.807) is 0 Å². The zero-order chi connectivity index (χ0) is 20.1. The molecule has 8 heteroatoms. The monoisotopic (exact) mass is 386 g/mol. The van der Waals surface area contributed by atoms with Gasteiger partial charge >= 0.3 is 0 Å². The molecule has 28 heavy (non-hydrogen) atoms. The largest absolute Gasteiger partial charge is 0.356 e. The third-order valence-corrected chi connectivity index (χ3v) is 5.16. The van der Waals surface area contributed by atoms with Gasteiger partial charge in [0.1, 0.15) is 5.72 Å². The second kappa shape index (κ2) is 8.79. The fraction of sp³-hybridized carbons (Fsp3) is 0.600. The van der Waals surface area contributed by atoms with Crippen molar-refractivity contribution in [3.05, 3.63) is 41.7 Å². The Morgan fingerprint density at radius 2 is 2.04 bits per heavy atom. The summed E-state index contributed by atoms with van der Waals surface area (Å²) in [6.07, 6.45) is 1.48. The molecule has 2 heterocycles. The van der Waals surface area contributed by atoms with Crippen molar-refractivity contribution >= 4 is 5.91 Å². The number of nitrogens with one attached hydrogen (secondary N) is 3. The first kappa shape index (κ1) is 20.4. The number of amides is 1. The van der Waals surface area contributed by atoms with Crippen molar-refractivity contribution in [2.24, 2.45) is 11.8 Å². The molecule has 2 aromatic rings. The predicted molar refractivity (Wildman–Crippen MR) is 105 cm³/mol. The van der Waals surface area contributed by atoms with Crippen LogP contribution in [-0.2, 0) is 22.5 Å². The average molecular weight is 387 g/mol. The van der Waals surface area contributed by atoms with Crippen molar-refractivity contribution in [1.29, 1.82) is 0 Å². The summed E-state index contributed by atoms with van der Waals surface area (Å²) in [6, 6.07) is 10.5. The van der Waals surface area contributed by atoms with E-state index < -0.39 is 5.72 Å². The summed E-state index contributed by atoms with van der Waals surface area (Å²) < 4.78 is 6.28. The minimum Gasteiger partial charge on any atom is -0.356 e. The van der Waals surface area contributed by atoms with Crippen LogP contribution in [0.1, 0.15) is 45.5 Å². The SMILES string of the molecule is CC(C)[C@H](C[C@@H]1OC(C)(C)N[C@H]1Cc1ccccc1)C(=O)NCc1nn[nH]n1. The summed E-state index contributed by atoms with van der Waals surface area (Å²) in [7, 11) is 0. The van der Waals surface area contributed by atoms with Crippen LogP contribution in [0.2, 0.25) is 0 Å². The number of aromatic nitrogens is 4. The highest BCUT2D eigenvalue weighted by Gasteiger charge is 2.41. The van der Waals surface area contributed by atoms with Gasteiger partial charge in [-0.05, 0) is 38.2 Å². The lowest BCUT2D eigenvalue weighted by Gasteiger charge is -2.26. The number of benzene rings is 1. The summed E-state index contributed by atoms with van der Waals surface area (Å²) in [4.78, 5) is 12.8. The van der Waals surface area contributed by atoms with E-state index in [1.807, 2.05) is 32.0 Å². The molecular formula is C20H30N6O2. The van der Waals surface area contributed by atoms with Gasteiger partial charge in [-0.25, -0.2) is 0 Å². The summed E-state index contributed by atoms with van der Waals surface area (Å²) in [6.45, 7) is 8.47. The number of tetrazole rings is 1. The van der Waals surface area contributed by atoms with Crippen molar-refractivity contribution in [2.45, 2.75) is 65.0 Å². The molecule has 0 aliphatic carbocycles. The number of carbonyl (C=O) groups is 1. The molecule has 152 valence electrons. The Bertz CT molecular complexity index is 747. The molecule has 0 bridgehead atoms. The van der Waals surface area contributed by atoms with Gasteiger partial charge in [0, 0.05) is 12.0 Å². The number of ether oxygens (including phenoxy) is 1. The molecule has 3 rings (SSSR count). The highest BCUT2D eigenvalue weighted by atomic mass is 16.5. The number of H-pyrrole nitrogens is 1. The Morgan fingerprint density at radius 1 is 1.29 bits per heavy atom. The number of rotatable bonds is 8. The van der Waals surface area contributed by atoms with E-state index in [2.05, 4.69) is 57.2 Å². The molecule has 0 radical (unpaired) electrons. The van der Waals surface area contributed by atoms with Gasteiger partial charge in [0.05, 0.1) is 12.6 Å². The van der Waals surface area contributed by atoms with Crippen LogP contribution < -0.4 is 10.6 Å². The van der Waals surface area contributed by atoms with E-state index in [0.717, 1.165) is 6.42 Å². The van der Waals surface area contributed by atoms with E-state index in [9.17, 15) is 4.79 Å². The molecule has 3 N–H and O–H groups in total. The molecule has 3 atom stereocenters. The zero-order valence-electron chi connectivity index (χ0n) is 17.0. The van der Waals surface area contributed by atoms with Crippen molar-refractivity contribution in [3.63, 3.8) is 0 Å². The third-order valence-electron chi connectivity index (χ3n) is 5.16. The van der Waals surface area contributed by atoms with E-state index in [0.29, 0.717) is 12.2 Å². The van der Waals surface area contributed by atoms with E-state index in [4.69, 9.17) is 4.74 Å². The number of aromatic amines is 1. The zero-order valence-corrected chi connectivity index (χ0v) is 17.0. The summed E-state index contributed by atoms with van der Waals surface area (Å²) in [5.74, 6) is 0.491. The molecular weight excluding hydrogens is 356 g/mol. The first-order chi connectivity index (χ1) is 13.3. The molecule has 1 aliphatic heterocycles. The van der Waals surface area contributed by atoms with Crippen LogP contribution in [0.15, 0.2) is 30.3 Å². The maximum Gasteiger partial charge on any atom is 0.223 e. The molecule has 1 aromatic carbocycles. The van der Waals surface area contributed by atoms with Gasteiger partial charge in [0.2, 0.25) is 5.91 Å². The van der Waals surface area contributed by atoms with Crippen LogP contribution in [0, 0.1) is 11.8 Å². The van der Waals surface area contributed by atoms with Crippen molar-refractivity contribution in [3.8, 4) is 0 Å². The van der Waals surface area contributed by atoms with E-state index >= 15 is 0 Å². The number of hydrogen-bond donors (Lipinski definition) is 3. The molecule has 1 aromatic heterocycles. The molecule has 8 nitrogen and oxygen atoms in total. The van der Waals surface area contributed by atoms with Gasteiger partial charge in [-0.1, -0.05) is 49.4 Å². The number of nitrogens with zero attached hydrogens (tertiary/aromatic N) is 3. The van der Waals surface area contributed by atoms with Crippen LogP contribution in [0.3, 0.4) is 0 Å². The Morgan fingerprint density at radius 3 is 2.68 bits per heavy atom. The maximum atomic E-state index is 12.8. The summed E-state index contributed by atoms with van der Waals surface area (Å²) >= 11 is 0. The molecule has 1 aliphatic rings. The predicted octanol–water partition coefficient (Wildman–Crippen LogP) is 1.81. The van der Waals surface area contributed by atoms with Gasteiger partial charge in [-0.3, -0.25) is 10.1 Å². The average Bonchev–Trinajstić information content (AvgIpc) is 3.25. The fourth-order valence-electron chi connectivity index (χ4n) is 3.78. The second-order valence-electron chi connectivity index (χ2n) is 8.24. The molecule has 1 fully saturated rings. The number of hydrogen-bond acceptors (Lipinski definition) is 6. The van der Waals surface area contributed by atoms with Gasteiger partial charge in [0.15, 0.2) is 5.82 Å². The minimum absolute atomic E-state index is 0.00781. The van der Waals surface area contributed by atoms with E-state index in [1.165, 1.54) is 5.56 Å². The van der Waals surface area contributed by atoms with Gasteiger partial charge < -0.3 is 10.1 Å². The summed E-state index contributed by atoms with van der Waals surface area (Å²) in [5.41, 5.74) is 0.848. The van der Waals surface area contributed by atoms with Crippen LogP contribution in [0.25, 0.3) is 0 Å². The highest BCUT2D eigenvalue weighted by molar-refractivity contribution is 5.78. The lowest BCUT2D eigenvalue weighted by Crippen LogP contribution is -2.41. The topological polar surface area (TPSA) is 105 Å². The van der Waals surface area contributed by atoms with Gasteiger partial charge in [-0.15, -0.1) is 10.2 Å². The smallest absolute Gasteiger partial charge is 0.223 e. The highest BCUT2D eigenvalue weighted by Crippen LogP contribution is 2.30. The van der Waals surface area contributed by atoms with Crippen molar-refractivity contribution in [1.82, 2.24) is 31.3 Å². The van der Waals surface area contributed by atoms with Crippen molar-refractivity contribution < 1.29 is 9.53 Å². The quantitative estimate of drug-likeness (QED) is 0.639. The van der Waals surface area contributed by atoms with Crippen LogP contribution in [-0.4, -0.2) is 44.4 Å².